The lowest BCUT2D eigenvalue weighted by molar-refractivity contribution is 0.341. The molecule has 0 radical (unpaired) electrons. The van der Waals surface area contributed by atoms with E-state index in [9.17, 15) is 0 Å². The van der Waals surface area contributed by atoms with Gasteiger partial charge in [-0.1, -0.05) is 12.1 Å². The fourth-order valence-electron chi connectivity index (χ4n) is 1.77. The van der Waals surface area contributed by atoms with Crippen molar-refractivity contribution in [3.8, 4) is 16.2 Å². The van der Waals surface area contributed by atoms with E-state index in [2.05, 4.69) is 28.9 Å². The van der Waals surface area contributed by atoms with Crippen molar-refractivity contribution in [2.45, 2.75) is 13.5 Å². The molecule has 0 amide bonds. The highest BCUT2D eigenvalue weighted by molar-refractivity contribution is 7.13. The zero-order chi connectivity index (χ0) is 12.1. The highest BCUT2D eigenvalue weighted by Crippen LogP contribution is 2.34. The van der Waals surface area contributed by atoms with Gasteiger partial charge in [0.15, 0.2) is 0 Å². The van der Waals surface area contributed by atoms with E-state index in [0.29, 0.717) is 6.61 Å². The van der Waals surface area contributed by atoms with Crippen molar-refractivity contribution in [2.75, 3.05) is 13.7 Å². The molecular weight excluding hydrogens is 230 g/mol. The Morgan fingerprint density at radius 2 is 2.12 bits per heavy atom. The summed E-state index contributed by atoms with van der Waals surface area (Å²) in [7, 11) is 1.96. The third-order valence-electron chi connectivity index (χ3n) is 2.49. The molecule has 2 aromatic rings. The second-order valence-corrected chi connectivity index (χ2v) is 4.69. The molecule has 17 heavy (non-hydrogen) atoms. The predicted molar refractivity (Wildman–Crippen MR) is 73.7 cm³/mol. The molecule has 0 spiro atoms. The quantitative estimate of drug-likeness (QED) is 0.872. The first-order valence-corrected chi connectivity index (χ1v) is 6.67. The van der Waals surface area contributed by atoms with Gasteiger partial charge < -0.3 is 10.1 Å². The average Bonchev–Trinajstić information content (AvgIpc) is 2.79. The summed E-state index contributed by atoms with van der Waals surface area (Å²) in [5.41, 5.74) is 2.50. The lowest BCUT2D eigenvalue weighted by Gasteiger charge is -2.07. The maximum atomic E-state index is 5.65. The molecule has 0 saturated carbocycles. The molecular formula is C14H17NOS. The van der Waals surface area contributed by atoms with Crippen LogP contribution >= 0.6 is 11.3 Å². The van der Waals surface area contributed by atoms with E-state index in [0.717, 1.165) is 12.3 Å². The van der Waals surface area contributed by atoms with Crippen LogP contribution in [0.4, 0.5) is 0 Å². The van der Waals surface area contributed by atoms with Crippen LogP contribution in [0.2, 0.25) is 0 Å². The SMILES string of the molecule is CCOc1ccccc1-c1cc(CNC)cs1. The van der Waals surface area contributed by atoms with Crippen LogP contribution in [0, 0.1) is 0 Å². The molecule has 2 nitrogen and oxygen atoms in total. The maximum Gasteiger partial charge on any atom is 0.127 e. The van der Waals surface area contributed by atoms with Crippen molar-refractivity contribution in [3.63, 3.8) is 0 Å². The Kier molecular flexibility index (Phi) is 4.18. The Balaban J connectivity index is 2.31. The molecule has 0 bridgehead atoms. The number of rotatable bonds is 5. The Labute approximate surface area is 106 Å². The van der Waals surface area contributed by atoms with Crippen LogP contribution in [-0.4, -0.2) is 13.7 Å². The molecule has 1 aromatic heterocycles. The van der Waals surface area contributed by atoms with Crippen molar-refractivity contribution in [3.05, 3.63) is 41.3 Å². The van der Waals surface area contributed by atoms with Crippen LogP contribution in [0.3, 0.4) is 0 Å². The largest absolute Gasteiger partial charge is 0.493 e. The molecule has 2 rings (SSSR count). The maximum absolute atomic E-state index is 5.65. The predicted octanol–water partition coefficient (Wildman–Crippen LogP) is 3.53. The third kappa shape index (κ3) is 2.87. The van der Waals surface area contributed by atoms with Crippen LogP contribution in [0.25, 0.3) is 10.4 Å². The first-order valence-electron chi connectivity index (χ1n) is 5.79. The van der Waals surface area contributed by atoms with Gasteiger partial charge in [0.1, 0.15) is 5.75 Å². The topological polar surface area (TPSA) is 21.3 Å². The van der Waals surface area contributed by atoms with Gasteiger partial charge in [-0.25, -0.2) is 0 Å². The van der Waals surface area contributed by atoms with Gasteiger partial charge in [0.05, 0.1) is 6.61 Å². The molecule has 0 aliphatic rings. The van der Waals surface area contributed by atoms with Crippen molar-refractivity contribution >= 4 is 11.3 Å². The van der Waals surface area contributed by atoms with Crippen LogP contribution in [0.5, 0.6) is 5.75 Å². The highest BCUT2D eigenvalue weighted by Gasteiger charge is 2.07. The van der Waals surface area contributed by atoms with E-state index in [1.807, 2.05) is 26.1 Å². The fourth-order valence-corrected chi connectivity index (χ4v) is 2.71. The molecule has 0 aliphatic carbocycles. The Morgan fingerprint density at radius 1 is 1.29 bits per heavy atom. The van der Waals surface area contributed by atoms with Crippen molar-refractivity contribution in [1.82, 2.24) is 5.32 Å². The number of ether oxygens (including phenoxy) is 1. The van der Waals surface area contributed by atoms with Crippen LogP contribution < -0.4 is 10.1 Å². The molecule has 0 unspecified atom stereocenters. The Hall–Kier alpha value is -1.32. The summed E-state index contributed by atoms with van der Waals surface area (Å²) in [5, 5.41) is 5.35. The minimum atomic E-state index is 0.700. The molecule has 0 atom stereocenters. The lowest BCUT2D eigenvalue weighted by atomic mass is 10.1. The highest BCUT2D eigenvalue weighted by atomic mass is 32.1. The van der Waals surface area contributed by atoms with Gasteiger partial charge in [-0.2, -0.15) is 0 Å². The first-order chi connectivity index (χ1) is 8.35. The summed E-state index contributed by atoms with van der Waals surface area (Å²) >= 11 is 1.76. The summed E-state index contributed by atoms with van der Waals surface area (Å²) in [5.74, 6) is 0.966. The summed E-state index contributed by atoms with van der Waals surface area (Å²) in [6, 6.07) is 10.4. The summed E-state index contributed by atoms with van der Waals surface area (Å²) in [4.78, 5) is 1.26. The Bertz CT molecular complexity index is 479. The summed E-state index contributed by atoms with van der Waals surface area (Å²) in [6.45, 7) is 3.62. The Morgan fingerprint density at radius 3 is 2.88 bits per heavy atom. The normalized spacial score (nSPS) is 10.5. The molecule has 90 valence electrons. The smallest absolute Gasteiger partial charge is 0.127 e. The molecule has 0 saturated heterocycles. The number of nitrogens with one attached hydrogen (secondary N) is 1. The van der Waals surface area contributed by atoms with Crippen molar-refractivity contribution in [1.29, 1.82) is 0 Å². The molecule has 3 heteroatoms. The second-order valence-electron chi connectivity index (χ2n) is 3.78. The molecule has 1 N–H and O–H groups in total. The van der Waals surface area contributed by atoms with Crippen molar-refractivity contribution in [2.24, 2.45) is 0 Å². The van der Waals surface area contributed by atoms with E-state index in [-0.39, 0.29) is 0 Å². The third-order valence-corrected chi connectivity index (χ3v) is 3.50. The number of hydrogen-bond donors (Lipinski definition) is 1. The summed E-state index contributed by atoms with van der Waals surface area (Å²) < 4.78 is 5.65. The van der Waals surface area contributed by atoms with Gasteiger partial charge in [-0.05, 0) is 43.1 Å². The van der Waals surface area contributed by atoms with Gasteiger partial charge in [-0.3, -0.25) is 0 Å². The van der Waals surface area contributed by atoms with E-state index < -0.39 is 0 Å². The van der Waals surface area contributed by atoms with Crippen molar-refractivity contribution < 1.29 is 4.74 Å². The number of benzene rings is 1. The summed E-state index contributed by atoms with van der Waals surface area (Å²) in [6.07, 6.45) is 0. The first kappa shape index (κ1) is 12.1. The van der Waals surface area contributed by atoms with E-state index >= 15 is 0 Å². The van der Waals surface area contributed by atoms with E-state index in [1.165, 1.54) is 16.0 Å². The number of para-hydroxylation sites is 1. The number of thiophene rings is 1. The second kappa shape index (κ2) is 5.84. The standard InChI is InChI=1S/C14H17NOS/c1-3-16-13-7-5-4-6-12(13)14-8-11(9-15-2)10-17-14/h4-8,10,15H,3,9H2,1-2H3. The van der Waals surface area contributed by atoms with Gasteiger partial charge in [0.25, 0.3) is 0 Å². The van der Waals surface area contributed by atoms with Gasteiger partial charge >= 0.3 is 0 Å². The van der Waals surface area contributed by atoms with Crippen LogP contribution in [-0.2, 0) is 6.54 Å². The van der Waals surface area contributed by atoms with Crippen LogP contribution in [0.1, 0.15) is 12.5 Å². The zero-order valence-corrected chi connectivity index (χ0v) is 11.0. The fraction of sp³-hybridized carbons (Fsp3) is 0.286. The van der Waals surface area contributed by atoms with Gasteiger partial charge in [0.2, 0.25) is 0 Å². The van der Waals surface area contributed by atoms with Gasteiger partial charge in [-0.15, -0.1) is 11.3 Å². The zero-order valence-electron chi connectivity index (χ0n) is 10.2. The van der Waals surface area contributed by atoms with Gasteiger partial charge in [0, 0.05) is 17.0 Å². The molecule has 0 fully saturated rings. The molecule has 1 aromatic carbocycles. The average molecular weight is 247 g/mol. The number of hydrogen-bond acceptors (Lipinski definition) is 3. The van der Waals surface area contributed by atoms with Crippen LogP contribution in [0.15, 0.2) is 35.7 Å². The monoisotopic (exact) mass is 247 g/mol. The minimum absolute atomic E-state index is 0.700. The lowest BCUT2D eigenvalue weighted by Crippen LogP contribution is -2.03. The minimum Gasteiger partial charge on any atom is -0.493 e. The van der Waals surface area contributed by atoms with E-state index in [4.69, 9.17) is 4.74 Å². The van der Waals surface area contributed by atoms with E-state index in [1.54, 1.807) is 11.3 Å². The molecule has 1 heterocycles. The molecule has 0 aliphatic heterocycles.